The van der Waals surface area contributed by atoms with Crippen molar-refractivity contribution in [2.75, 3.05) is 45.7 Å². The van der Waals surface area contributed by atoms with Gasteiger partial charge >= 0.3 is 0 Å². The van der Waals surface area contributed by atoms with Crippen LogP contribution in [0.1, 0.15) is 24.2 Å². The number of carbonyl (C=O) groups excluding carboxylic acids is 1. The molecular formula is C30H37N3O9S2. The predicted octanol–water partition coefficient (Wildman–Crippen LogP) is 3.05. The average molecular weight is 648 g/mol. The van der Waals surface area contributed by atoms with E-state index in [1.54, 1.807) is 19.1 Å². The van der Waals surface area contributed by atoms with Gasteiger partial charge in [0.25, 0.3) is 15.9 Å². The molecule has 14 heteroatoms. The Bertz CT molecular complexity index is 1680. The molecule has 238 valence electrons. The van der Waals surface area contributed by atoms with Gasteiger partial charge in [-0.2, -0.15) is 4.31 Å². The van der Waals surface area contributed by atoms with Gasteiger partial charge in [0.05, 0.1) is 48.8 Å². The molecule has 0 fully saturated rings. The van der Waals surface area contributed by atoms with Crippen LogP contribution in [-0.4, -0.2) is 90.2 Å². The van der Waals surface area contributed by atoms with Gasteiger partial charge in [0, 0.05) is 25.2 Å². The molecule has 3 aromatic carbocycles. The highest BCUT2D eigenvalue weighted by Crippen LogP contribution is 2.32. The van der Waals surface area contributed by atoms with Gasteiger partial charge in [-0.15, -0.1) is 0 Å². The number of benzene rings is 3. The Kier molecular flexibility index (Phi) is 10.1. The number of carbonyl (C=O) groups is 1. The van der Waals surface area contributed by atoms with Crippen LogP contribution in [0, 0.1) is 5.92 Å². The number of rotatable bonds is 11. The molecule has 0 saturated heterocycles. The number of anilines is 1. The molecule has 44 heavy (non-hydrogen) atoms. The van der Waals surface area contributed by atoms with Gasteiger partial charge in [0.2, 0.25) is 10.0 Å². The Morgan fingerprint density at radius 2 is 1.55 bits per heavy atom. The van der Waals surface area contributed by atoms with Crippen LogP contribution < -0.4 is 18.9 Å². The third-order valence-electron chi connectivity index (χ3n) is 7.49. The number of nitrogens with one attached hydrogen (secondary N) is 1. The van der Waals surface area contributed by atoms with Crippen molar-refractivity contribution in [1.82, 2.24) is 9.21 Å². The number of nitrogens with zero attached hydrogens (tertiary/aromatic N) is 2. The van der Waals surface area contributed by atoms with E-state index in [2.05, 4.69) is 4.72 Å². The van der Waals surface area contributed by atoms with Crippen LogP contribution in [0.4, 0.5) is 5.69 Å². The maximum atomic E-state index is 13.7. The molecule has 0 radical (unpaired) electrons. The van der Waals surface area contributed by atoms with Crippen molar-refractivity contribution >= 4 is 31.6 Å². The fourth-order valence-corrected chi connectivity index (χ4v) is 6.98. The number of aliphatic hydroxyl groups excluding tert-OH is 1. The normalized spacial score (nSPS) is 18.1. The molecule has 1 aliphatic heterocycles. The van der Waals surface area contributed by atoms with Gasteiger partial charge in [-0.05, 0) is 73.7 Å². The minimum atomic E-state index is -4.01. The Balaban J connectivity index is 1.66. The number of sulfonamides is 2. The predicted molar refractivity (Wildman–Crippen MR) is 164 cm³/mol. The molecule has 1 amide bonds. The summed E-state index contributed by atoms with van der Waals surface area (Å²) < 4.78 is 73.1. The third-order valence-corrected chi connectivity index (χ3v) is 10.7. The second-order valence-corrected chi connectivity index (χ2v) is 14.3. The summed E-state index contributed by atoms with van der Waals surface area (Å²) >= 11 is 0. The maximum absolute atomic E-state index is 13.7. The Labute approximate surface area is 258 Å². The van der Waals surface area contributed by atoms with Gasteiger partial charge in [-0.3, -0.25) is 9.52 Å². The molecule has 0 aromatic heterocycles. The lowest BCUT2D eigenvalue weighted by molar-refractivity contribution is 0.0387. The van der Waals surface area contributed by atoms with E-state index in [1.807, 2.05) is 6.92 Å². The van der Waals surface area contributed by atoms with Crippen LogP contribution in [-0.2, 0) is 20.0 Å². The van der Waals surface area contributed by atoms with E-state index in [0.717, 1.165) is 0 Å². The summed E-state index contributed by atoms with van der Waals surface area (Å²) in [6.45, 7) is 3.33. The SMILES string of the molecule is COc1ccc(S(=O)(=O)Nc2ccc3c(c2)C(=O)N([C@H](C)CO)C[C@@H](C)[C@@H](CN(C)S(=O)(=O)c2ccc(OC)cc2)O3)cc1. The second-order valence-electron chi connectivity index (χ2n) is 10.6. The highest BCUT2D eigenvalue weighted by molar-refractivity contribution is 7.92. The highest BCUT2D eigenvalue weighted by Gasteiger charge is 2.35. The smallest absolute Gasteiger partial charge is 0.261 e. The van der Waals surface area contributed by atoms with Crippen molar-refractivity contribution < 1.29 is 40.9 Å². The molecule has 0 unspecified atom stereocenters. The topological polar surface area (TPSA) is 152 Å². The Hall–Kier alpha value is -3.85. The molecule has 0 bridgehead atoms. The summed E-state index contributed by atoms with van der Waals surface area (Å²) in [6, 6.07) is 15.6. The van der Waals surface area contributed by atoms with Crippen molar-refractivity contribution in [2.45, 2.75) is 35.8 Å². The van der Waals surface area contributed by atoms with Crippen LogP contribution in [0.2, 0.25) is 0 Å². The summed E-state index contributed by atoms with van der Waals surface area (Å²) in [7, 11) is -3.49. The summed E-state index contributed by atoms with van der Waals surface area (Å²) in [4.78, 5) is 15.3. The molecule has 1 aliphatic rings. The zero-order valence-corrected chi connectivity index (χ0v) is 26.8. The lowest BCUT2D eigenvalue weighted by Gasteiger charge is -2.38. The third kappa shape index (κ3) is 7.09. The monoisotopic (exact) mass is 647 g/mol. The molecule has 0 saturated carbocycles. The molecule has 0 spiro atoms. The summed E-state index contributed by atoms with van der Waals surface area (Å²) in [5, 5.41) is 9.93. The van der Waals surface area contributed by atoms with Gasteiger partial charge in [0.1, 0.15) is 23.4 Å². The first kappa shape index (κ1) is 33.1. The number of aliphatic hydroxyl groups is 1. The van der Waals surface area contributed by atoms with E-state index in [1.165, 1.54) is 85.1 Å². The van der Waals surface area contributed by atoms with Crippen LogP contribution in [0.25, 0.3) is 0 Å². The van der Waals surface area contributed by atoms with Crippen molar-refractivity contribution in [3.8, 4) is 17.2 Å². The second kappa shape index (κ2) is 13.4. The quantitative estimate of drug-likeness (QED) is 0.320. The first-order chi connectivity index (χ1) is 20.8. The molecule has 1 heterocycles. The number of likely N-dealkylation sites (N-methyl/N-ethyl adjacent to an activating group) is 1. The van der Waals surface area contributed by atoms with E-state index >= 15 is 0 Å². The number of amides is 1. The molecule has 3 aromatic rings. The standard InChI is InChI=1S/C30H37N3O9S2/c1-20-17-33(21(2)19-34)30(35)27-16-22(31-43(36,37)25-11-7-23(40-4)8-12-25)6-15-28(27)42-29(20)18-32(3)44(38,39)26-13-9-24(41-5)10-14-26/h6-16,20-21,29,31,34H,17-19H2,1-5H3/t20-,21-,29-/m1/s1. The summed E-state index contributed by atoms with van der Waals surface area (Å²) in [6.07, 6.45) is -0.699. The van der Waals surface area contributed by atoms with E-state index in [9.17, 15) is 26.7 Å². The first-order valence-electron chi connectivity index (χ1n) is 13.8. The minimum absolute atomic E-state index is 0.00172. The lowest BCUT2D eigenvalue weighted by Crippen LogP contribution is -2.50. The van der Waals surface area contributed by atoms with Crippen molar-refractivity contribution in [3.63, 3.8) is 0 Å². The lowest BCUT2D eigenvalue weighted by atomic mass is 9.99. The Morgan fingerprint density at radius 3 is 2.09 bits per heavy atom. The summed E-state index contributed by atoms with van der Waals surface area (Å²) in [5.74, 6) is 0.370. The molecular weight excluding hydrogens is 610 g/mol. The van der Waals surface area contributed by atoms with Gasteiger partial charge in [-0.25, -0.2) is 16.8 Å². The molecule has 12 nitrogen and oxygen atoms in total. The number of hydrogen-bond acceptors (Lipinski definition) is 9. The van der Waals surface area contributed by atoms with Crippen molar-refractivity contribution in [3.05, 3.63) is 72.3 Å². The van der Waals surface area contributed by atoms with Crippen molar-refractivity contribution in [1.29, 1.82) is 0 Å². The van der Waals surface area contributed by atoms with Gasteiger partial charge in [-0.1, -0.05) is 6.92 Å². The number of hydrogen-bond donors (Lipinski definition) is 2. The van der Waals surface area contributed by atoms with Crippen LogP contribution in [0.3, 0.4) is 0 Å². The zero-order valence-electron chi connectivity index (χ0n) is 25.1. The first-order valence-corrected chi connectivity index (χ1v) is 16.7. The minimum Gasteiger partial charge on any atom is -0.497 e. The van der Waals surface area contributed by atoms with Crippen LogP contribution >= 0.6 is 0 Å². The summed E-state index contributed by atoms with van der Waals surface area (Å²) in [5.41, 5.74) is 0.190. The van der Waals surface area contributed by atoms with Crippen molar-refractivity contribution in [2.24, 2.45) is 5.92 Å². The Morgan fingerprint density at radius 1 is 0.977 bits per heavy atom. The van der Waals surface area contributed by atoms with E-state index in [4.69, 9.17) is 14.2 Å². The average Bonchev–Trinajstić information content (AvgIpc) is 3.02. The number of methoxy groups -OCH3 is 2. The number of ether oxygens (including phenoxy) is 3. The van der Waals surface area contributed by atoms with Gasteiger partial charge < -0.3 is 24.2 Å². The molecule has 2 N–H and O–H groups in total. The molecule has 0 aliphatic carbocycles. The van der Waals surface area contributed by atoms with E-state index in [-0.39, 0.29) is 52.4 Å². The highest BCUT2D eigenvalue weighted by atomic mass is 32.2. The largest absolute Gasteiger partial charge is 0.497 e. The molecule has 3 atom stereocenters. The zero-order chi connectivity index (χ0) is 32.2. The maximum Gasteiger partial charge on any atom is 0.261 e. The number of fused-ring (bicyclic) bond motifs is 1. The van der Waals surface area contributed by atoms with E-state index < -0.39 is 38.1 Å². The molecule has 4 rings (SSSR count). The fourth-order valence-electron chi connectivity index (χ4n) is 4.75. The van der Waals surface area contributed by atoms with Crippen LogP contribution in [0.15, 0.2) is 76.5 Å². The van der Waals surface area contributed by atoms with Crippen LogP contribution in [0.5, 0.6) is 17.2 Å². The van der Waals surface area contributed by atoms with E-state index in [0.29, 0.717) is 11.5 Å². The van der Waals surface area contributed by atoms with Gasteiger partial charge in [0.15, 0.2) is 0 Å². The fraction of sp³-hybridized carbons (Fsp3) is 0.367.